The van der Waals surface area contributed by atoms with Crippen molar-refractivity contribution >= 4 is 11.1 Å². The summed E-state index contributed by atoms with van der Waals surface area (Å²) in [5, 5.41) is 9.73. The van der Waals surface area contributed by atoms with Crippen LogP contribution in [0.2, 0.25) is 0 Å². The van der Waals surface area contributed by atoms with Crippen molar-refractivity contribution in [1.29, 1.82) is 0 Å². The zero-order chi connectivity index (χ0) is 8.55. The smallest absolute Gasteiger partial charge is 0.226 e. The molecule has 0 saturated heterocycles. The molecule has 1 N–H and O–H groups in total. The van der Waals surface area contributed by atoms with Crippen molar-refractivity contribution in [2.24, 2.45) is 0 Å². The molecule has 62 valence electrons. The van der Waals surface area contributed by atoms with Crippen LogP contribution in [0.5, 0.6) is 0 Å². The fourth-order valence-corrected chi connectivity index (χ4v) is 1.17. The Labute approximate surface area is 69.7 Å². The van der Waals surface area contributed by atoms with E-state index < -0.39 is 0 Å². The van der Waals surface area contributed by atoms with Crippen LogP contribution in [0, 0.1) is 6.92 Å². The topological polar surface area (TPSA) is 46.3 Å². The molecule has 3 heteroatoms. The Bertz CT molecular complexity index is 406. The van der Waals surface area contributed by atoms with Crippen molar-refractivity contribution in [2.75, 3.05) is 0 Å². The summed E-state index contributed by atoms with van der Waals surface area (Å²) in [5.74, 6) is 0.558. The van der Waals surface area contributed by atoms with Crippen LogP contribution < -0.4 is 0 Å². The molecule has 2 aromatic heterocycles. The normalized spacial score (nSPS) is 10.8. The lowest BCUT2D eigenvalue weighted by molar-refractivity contribution is 0.250. The van der Waals surface area contributed by atoms with Gasteiger partial charge in [-0.15, -0.1) is 0 Å². The number of fused-ring (bicyclic) bond motifs is 1. The summed E-state index contributed by atoms with van der Waals surface area (Å²) in [6, 6.07) is 3.78. The van der Waals surface area contributed by atoms with Crippen LogP contribution >= 0.6 is 0 Å². The van der Waals surface area contributed by atoms with Crippen molar-refractivity contribution in [3.63, 3.8) is 0 Å². The van der Waals surface area contributed by atoms with Crippen molar-refractivity contribution in [2.45, 2.75) is 13.5 Å². The molecule has 2 heterocycles. The molecule has 0 unspecified atom stereocenters. The van der Waals surface area contributed by atoms with Gasteiger partial charge < -0.3 is 9.52 Å². The molecule has 0 amide bonds. The number of hydrogen-bond acceptors (Lipinski definition) is 3. The van der Waals surface area contributed by atoms with Gasteiger partial charge in [-0.2, -0.15) is 0 Å². The van der Waals surface area contributed by atoms with Gasteiger partial charge in [-0.3, -0.25) is 0 Å². The fourth-order valence-electron chi connectivity index (χ4n) is 1.17. The third-order valence-electron chi connectivity index (χ3n) is 1.72. The molecule has 0 saturated carbocycles. The number of rotatable bonds is 1. The largest absolute Gasteiger partial charge is 0.440 e. The highest BCUT2D eigenvalue weighted by Crippen LogP contribution is 2.17. The van der Waals surface area contributed by atoms with Crippen LogP contribution in [0.15, 0.2) is 22.7 Å². The summed E-state index contributed by atoms with van der Waals surface area (Å²) in [7, 11) is 0. The molecule has 0 aromatic carbocycles. The van der Waals surface area contributed by atoms with Gasteiger partial charge in [-0.1, -0.05) is 0 Å². The Morgan fingerprint density at radius 1 is 1.50 bits per heavy atom. The van der Waals surface area contributed by atoms with E-state index in [0.29, 0.717) is 11.5 Å². The molecule has 0 aliphatic carbocycles. The fraction of sp³-hybridized carbons (Fsp3) is 0.222. The van der Waals surface area contributed by atoms with Crippen LogP contribution in [0.1, 0.15) is 11.3 Å². The molecule has 0 spiro atoms. The van der Waals surface area contributed by atoms with Crippen LogP contribution in [0.4, 0.5) is 0 Å². The monoisotopic (exact) mass is 163 g/mol. The molecule has 0 bridgehead atoms. The van der Waals surface area contributed by atoms with Crippen molar-refractivity contribution in [3.8, 4) is 0 Å². The number of nitrogens with zero attached hydrogens (tertiary/aromatic N) is 1. The first-order chi connectivity index (χ1) is 5.79. The van der Waals surface area contributed by atoms with Crippen LogP contribution in [-0.4, -0.2) is 10.1 Å². The average molecular weight is 163 g/mol. The maximum Gasteiger partial charge on any atom is 0.226 e. The standard InChI is InChI=1S/C9H9NO2/c1-6-2-7-3-8(5-11)12-9(7)10-4-6/h2-4,11H,5H2,1H3. The van der Waals surface area contributed by atoms with E-state index in [0.717, 1.165) is 10.9 Å². The van der Waals surface area contributed by atoms with Crippen LogP contribution in [0.25, 0.3) is 11.1 Å². The molecule has 3 nitrogen and oxygen atoms in total. The minimum Gasteiger partial charge on any atom is -0.440 e. The summed E-state index contributed by atoms with van der Waals surface area (Å²) in [4.78, 5) is 4.07. The summed E-state index contributed by atoms with van der Waals surface area (Å²) in [6.45, 7) is 1.90. The number of aromatic nitrogens is 1. The third-order valence-corrected chi connectivity index (χ3v) is 1.72. The van der Waals surface area contributed by atoms with Gasteiger partial charge in [0.25, 0.3) is 0 Å². The van der Waals surface area contributed by atoms with Gasteiger partial charge in [0.1, 0.15) is 12.4 Å². The van der Waals surface area contributed by atoms with E-state index in [4.69, 9.17) is 9.52 Å². The highest BCUT2D eigenvalue weighted by Gasteiger charge is 2.02. The first kappa shape index (κ1) is 7.31. The number of aliphatic hydroxyl groups is 1. The number of hydrogen-bond donors (Lipinski definition) is 1. The molecule has 12 heavy (non-hydrogen) atoms. The quantitative estimate of drug-likeness (QED) is 0.695. The number of pyridine rings is 1. The Hall–Kier alpha value is -1.35. The van der Waals surface area contributed by atoms with Gasteiger partial charge in [0.05, 0.1) is 0 Å². The maximum atomic E-state index is 8.79. The van der Waals surface area contributed by atoms with Crippen molar-refractivity contribution in [3.05, 3.63) is 29.7 Å². The minimum absolute atomic E-state index is 0.0740. The first-order valence-electron chi connectivity index (χ1n) is 3.75. The van der Waals surface area contributed by atoms with Crippen LogP contribution in [0.3, 0.4) is 0 Å². The van der Waals surface area contributed by atoms with Crippen molar-refractivity contribution in [1.82, 2.24) is 4.98 Å². The lowest BCUT2D eigenvalue weighted by Crippen LogP contribution is -1.74. The molecule has 2 aromatic rings. The predicted molar refractivity (Wildman–Crippen MR) is 44.7 cm³/mol. The van der Waals surface area contributed by atoms with E-state index in [1.165, 1.54) is 0 Å². The number of furan rings is 1. The molecular formula is C9H9NO2. The summed E-state index contributed by atoms with van der Waals surface area (Å²) >= 11 is 0. The molecular weight excluding hydrogens is 154 g/mol. The molecule has 0 aliphatic rings. The predicted octanol–water partition coefficient (Wildman–Crippen LogP) is 1.63. The maximum absolute atomic E-state index is 8.79. The Morgan fingerprint density at radius 3 is 3.08 bits per heavy atom. The Kier molecular flexibility index (Phi) is 1.59. The zero-order valence-corrected chi connectivity index (χ0v) is 6.74. The summed E-state index contributed by atoms with van der Waals surface area (Å²) in [5.41, 5.74) is 1.68. The number of aliphatic hydroxyl groups excluding tert-OH is 1. The van der Waals surface area contributed by atoms with Gasteiger partial charge in [0.2, 0.25) is 5.71 Å². The van der Waals surface area contributed by atoms with Crippen molar-refractivity contribution < 1.29 is 9.52 Å². The second-order valence-electron chi connectivity index (χ2n) is 2.78. The van der Waals surface area contributed by atoms with E-state index in [1.807, 2.05) is 13.0 Å². The Morgan fingerprint density at radius 2 is 2.33 bits per heavy atom. The van der Waals surface area contributed by atoms with Gasteiger partial charge in [-0.25, -0.2) is 4.98 Å². The minimum atomic E-state index is -0.0740. The third kappa shape index (κ3) is 1.08. The zero-order valence-electron chi connectivity index (χ0n) is 6.74. The highest BCUT2D eigenvalue weighted by molar-refractivity contribution is 5.74. The van der Waals surface area contributed by atoms with Gasteiger partial charge in [0.15, 0.2) is 0 Å². The SMILES string of the molecule is Cc1cnc2oc(CO)cc2c1. The first-order valence-corrected chi connectivity index (χ1v) is 3.75. The van der Waals surface area contributed by atoms with E-state index >= 15 is 0 Å². The van der Waals surface area contributed by atoms with Crippen LogP contribution in [-0.2, 0) is 6.61 Å². The molecule has 0 aliphatic heterocycles. The molecule has 0 atom stereocenters. The second-order valence-corrected chi connectivity index (χ2v) is 2.78. The van der Waals surface area contributed by atoms with Gasteiger partial charge >= 0.3 is 0 Å². The van der Waals surface area contributed by atoms with Gasteiger partial charge in [-0.05, 0) is 24.6 Å². The van der Waals surface area contributed by atoms with E-state index in [1.54, 1.807) is 12.3 Å². The molecule has 2 rings (SSSR count). The van der Waals surface area contributed by atoms with E-state index in [9.17, 15) is 0 Å². The molecule has 0 radical (unpaired) electrons. The van der Waals surface area contributed by atoms with E-state index in [-0.39, 0.29) is 6.61 Å². The average Bonchev–Trinajstić information content (AvgIpc) is 2.46. The molecule has 0 fully saturated rings. The highest BCUT2D eigenvalue weighted by atomic mass is 16.4. The lowest BCUT2D eigenvalue weighted by atomic mass is 10.2. The Balaban J connectivity index is 2.67. The summed E-state index contributed by atoms with van der Waals surface area (Å²) in [6.07, 6.45) is 1.74. The van der Waals surface area contributed by atoms with E-state index in [2.05, 4.69) is 4.98 Å². The lowest BCUT2D eigenvalue weighted by Gasteiger charge is -1.88. The van der Waals surface area contributed by atoms with Gasteiger partial charge in [0, 0.05) is 11.6 Å². The second kappa shape index (κ2) is 2.60. The number of aryl methyl sites for hydroxylation is 1. The summed E-state index contributed by atoms with van der Waals surface area (Å²) < 4.78 is 5.21.